The molecule has 0 radical (unpaired) electrons. The van der Waals surface area contributed by atoms with Crippen LogP contribution in [0.15, 0.2) is 71.1 Å². The minimum absolute atomic E-state index is 0.0679. The average Bonchev–Trinajstić information content (AvgIpc) is 3.65. The van der Waals surface area contributed by atoms with Gasteiger partial charge < -0.3 is 10.6 Å². The van der Waals surface area contributed by atoms with Crippen LogP contribution in [0.25, 0.3) is 16.7 Å². The topological polar surface area (TPSA) is 110 Å². The highest BCUT2D eigenvalue weighted by Gasteiger charge is 2.29. The Kier molecular flexibility index (Phi) is 6.37. The van der Waals surface area contributed by atoms with Gasteiger partial charge in [-0.15, -0.1) is 16.8 Å². The molecule has 35 heavy (non-hydrogen) atoms. The molecule has 0 unspecified atom stereocenters. The van der Waals surface area contributed by atoms with Crippen LogP contribution in [0.1, 0.15) is 18.4 Å². The summed E-state index contributed by atoms with van der Waals surface area (Å²) in [4.78, 5) is 37.3. The molecule has 2 heterocycles. The van der Waals surface area contributed by atoms with Gasteiger partial charge in [0.15, 0.2) is 5.16 Å². The van der Waals surface area contributed by atoms with Crippen LogP contribution >= 0.6 is 11.8 Å². The van der Waals surface area contributed by atoms with Crippen molar-refractivity contribution in [2.24, 2.45) is 5.92 Å². The number of amides is 2. The molecule has 9 nitrogen and oxygen atoms in total. The number of para-hydroxylation sites is 1. The zero-order chi connectivity index (χ0) is 24.4. The van der Waals surface area contributed by atoms with Crippen molar-refractivity contribution in [3.05, 3.63) is 77.1 Å². The van der Waals surface area contributed by atoms with Crippen molar-refractivity contribution in [3.8, 4) is 0 Å². The molecule has 4 aromatic rings. The van der Waals surface area contributed by atoms with Crippen LogP contribution in [0.4, 0.5) is 5.69 Å². The average molecular weight is 489 g/mol. The summed E-state index contributed by atoms with van der Waals surface area (Å²) in [6.07, 6.45) is 3.56. The summed E-state index contributed by atoms with van der Waals surface area (Å²) >= 11 is 1.25. The van der Waals surface area contributed by atoms with Gasteiger partial charge in [0.2, 0.25) is 17.6 Å². The maximum absolute atomic E-state index is 12.9. The van der Waals surface area contributed by atoms with Crippen molar-refractivity contribution in [2.45, 2.75) is 31.1 Å². The minimum atomic E-state index is -0.159. The monoisotopic (exact) mass is 488 g/mol. The number of thioether (sulfide) groups is 1. The van der Waals surface area contributed by atoms with Gasteiger partial charge in [0.05, 0.1) is 16.7 Å². The Morgan fingerprint density at radius 2 is 1.89 bits per heavy atom. The van der Waals surface area contributed by atoms with Crippen molar-refractivity contribution in [3.63, 3.8) is 0 Å². The SMILES string of the molecule is C=CCn1c(=O)c2ccccc2n2c(SCC(=O)NCc3ccc(NC(=O)C4CC4)cc3)nnc12. The van der Waals surface area contributed by atoms with Gasteiger partial charge in [0.25, 0.3) is 5.56 Å². The van der Waals surface area contributed by atoms with Crippen molar-refractivity contribution in [1.29, 1.82) is 0 Å². The molecule has 0 aliphatic heterocycles. The molecular weight excluding hydrogens is 464 g/mol. The van der Waals surface area contributed by atoms with Gasteiger partial charge in [-0.2, -0.15) is 0 Å². The Labute approximate surface area is 205 Å². The molecule has 10 heteroatoms. The van der Waals surface area contributed by atoms with Gasteiger partial charge in [-0.05, 0) is 42.7 Å². The number of hydrogen-bond donors (Lipinski definition) is 2. The third-order valence-electron chi connectivity index (χ3n) is 5.78. The lowest BCUT2D eigenvalue weighted by atomic mass is 10.2. The van der Waals surface area contributed by atoms with Crippen LogP contribution in [0.2, 0.25) is 0 Å². The molecule has 1 fully saturated rings. The Balaban J connectivity index is 1.25. The predicted octanol–water partition coefficient (Wildman–Crippen LogP) is 2.99. The zero-order valence-corrected chi connectivity index (χ0v) is 19.8. The van der Waals surface area contributed by atoms with Crippen LogP contribution in [-0.2, 0) is 22.7 Å². The Morgan fingerprint density at radius 3 is 2.63 bits per heavy atom. The fourth-order valence-corrected chi connectivity index (χ4v) is 4.57. The standard InChI is InChI=1S/C25H24N6O3S/c1-2-13-30-23(34)19-5-3-4-6-20(19)31-24(30)28-29-25(31)35-15-21(32)26-14-16-7-11-18(12-8-16)27-22(33)17-9-10-17/h2-8,11-12,17H,1,9-10,13-15H2,(H,26,32)(H,27,33). The van der Waals surface area contributed by atoms with Gasteiger partial charge in [0.1, 0.15) is 0 Å². The first kappa shape index (κ1) is 22.9. The van der Waals surface area contributed by atoms with Crippen molar-refractivity contribution in [2.75, 3.05) is 11.1 Å². The lowest BCUT2D eigenvalue weighted by Crippen LogP contribution is -2.25. The summed E-state index contributed by atoms with van der Waals surface area (Å²) in [5.74, 6) is 0.622. The maximum Gasteiger partial charge on any atom is 0.263 e. The van der Waals surface area contributed by atoms with E-state index in [0.29, 0.717) is 34.9 Å². The van der Waals surface area contributed by atoms with Crippen LogP contribution < -0.4 is 16.2 Å². The highest BCUT2D eigenvalue weighted by atomic mass is 32.2. The molecule has 2 N–H and O–H groups in total. The predicted molar refractivity (Wildman–Crippen MR) is 135 cm³/mol. The van der Waals surface area contributed by atoms with Gasteiger partial charge in [-0.25, -0.2) is 0 Å². The van der Waals surface area contributed by atoms with Crippen molar-refractivity contribution >= 4 is 45.9 Å². The summed E-state index contributed by atoms with van der Waals surface area (Å²) in [6, 6.07) is 14.7. The van der Waals surface area contributed by atoms with Gasteiger partial charge >= 0.3 is 0 Å². The molecule has 2 aromatic carbocycles. The van der Waals surface area contributed by atoms with E-state index in [1.807, 2.05) is 42.5 Å². The number of allylic oxidation sites excluding steroid dienone is 1. The molecule has 1 saturated carbocycles. The van der Waals surface area contributed by atoms with E-state index in [2.05, 4.69) is 27.4 Å². The molecule has 0 bridgehead atoms. The van der Waals surface area contributed by atoms with Gasteiger partial charge in [-0.3, -0.25) is 23.4 Å². The highest BCUT2D eigenvalue weighted by molar-refractivity contribution is 7.99. The number of carbonyl (C=O) groups excluding carboxylic acids is 2. The molecule has 2 aromatic heterocycles. The third-order valence-corrected chi connectivity index (χ3v) is 6.71. The number of rotatable bonds is 9. The second kappa shape index (κ2) is 9.75. The number of nitrogens with zero attached hydrogens (tertiary/aromatic N) is 4. The van der Waals surface area contributed by atoms with Crippen LogP contribution in [0, 0.1) is 5.92 Å². The fourth-order valence-electron chi connectivity index (χ4n) is 3.80. The van der Waals surface area contributed by atoms with E-state index in [0.717, 1.165) is 24.1 Å². The molecule has 5 rings (SSSR count). The first-order valence-electron chi connectivity index (χ1n) is 11.3. The second-order valence-corrected chi connectivity index (χ2v) is 9.31. The molecule has 0 spiro atoms. The summed E-state index contributed by atoms with van der Waals surface area (Å²) in [7, 11) is 0. The first-order valence-corrected chi connectivity index (χ1v) is 12.3. The summed E-state index contributed by atoms with van der Waals surface area (Å²) in [5, 5.41) is 15.3. The molecule has 0 saturated heterocycles. The number of hydrogen-bond acceptors (Lipinski definition) is 6. The number of carbonyl (C=O) groups is 2. The Morgan fingerprint density at radius 1 is 1.11 bits per heavy atom. The molecule has 1 aliphatic carbocycles. The van der Waals surface area contributed by atoms with Gasteiger partial charge in [-0.1, -0.05) is 42.1 Å². The number of nitrogens with one attached hydrogen (secondary N) is 2. The van der Waals surface area contributed by atoms with Crippen LogP contribution in [0.5, 0.6) is 0 Å². The van der Waals surface area contributed by atoms with E-state index in [4.69, 9.17) is 0 Å². The van der Waals surface area contributed by atoms with Crippen LogP contribution in [0.3, 0.4) is 0 Å². The summed E-state index contributed by atoms with van der Waals surface area (Å²) in [6.45, 7) is 4.41. The largest absolute Gasteiger partial charge is 0.351 e. The second-order valence-electron chi connectivity index (χ2n) is 8.37. The Bertz CT molecular complexity index is 1490. The Hall–Kier alpha value is -3.92. The molecular formula is C25H24N6O3S. The molecule has 2 amide bonds. The maximum atomic E-state index is 12.9. The molecule has 0 atom stereocenters. The molecule has 1 aliphatic rings. The highest BCUT2D eigenvalue weighted by Crippen LogP contribution is 2.30. The van der Waals surface area contributed by atoms with E-state index >= 15 is 0 Å². The van der Waals surface area contributed by atoms with E-state index in [1.54, 1.807) is 16.5 Å². The van der Waals surface area contributed by atoms with Crippen LogP contribution in [-0.4, -0.2) is 36.7 Å². The van der Waals surface area contributed by atoms with E-state index in [-0.39, 0.29) is 29.0 Å². The normalized spacial score (nSPS) is 13.1. The molecule has 178 valence electrons. The third kappa shape index (κ3) is 4.83. The van der Waals surface area contributed by atoms with Crippen molar-refractivity contribution in [1.82, 2.24) is 24.5 Å². The zero-order valence-electron chi connectivity index (χ0n) is 18.9. The first-order chi connectivity index (χ1) is 17.0. The van der Waals surface area contributed by atoms with Gasteiger partial charge in [0, 0.05) is 24.7 Å². The van der Waals surface area contributed by atoms with E-state index in [1.165, 1.54) is 16.3 Å². The number of aromatic nitrogens is 4. The lowest BCUT2D eigenvalue weighted by molar-refractivity contribution is -0.119. The quantitative estimate of drug-likeness (QED) is 0.277. The smallest absolute Gasteiger partial charge is 0.263 e. The summed E-state index contributed by atoms with van der Waals surface area (Å²) < 4.78 is 3.32. The summed E-state index contributed by atoms with van der Waals surface area (Å²) in [5.41, 5.74) is 2.22. The van der Waals surface area contributed by atoms with E-state index < -0.39 is 0 Å². The lowest BCUT2D eigenvalue weighted by Gasteiger charge is -2.10. The van der Waals surface area contributed by atoms with E-state index in [9.17, 15) is 14.4 Å². The van der Waals surface area contributed by atoms with Crippen molar-refractivity contribution < 1.29 is 9.59 Å². The fraction of sp³-hybridized carbons (Fsp3) is 0.240. The number of benzene rings is 2. The minimum Gasteiger partial charge on any atom is -0.351 e. The number of fused-ring (bicyclic) bond motifs is 3. The number of anilines is 1.